The second-order valence-corrected chi connectivity index (χ2v) is 8.37. The van der Waals surface area contributed by atoms with Crippen molar-refractivity contribution in [1.82, 2.24) is 0 Å². The Bertz CT molecular complexity index is 767. The van der Waals surface area contributed by atoms with Gasteiger partial charge in [-0.2, -0.15) is 0 Å². The number of carbonyl (C=O) groups is 1. The molecule has 0 aliphatic rings. The molecule has 0 bridgehead atoms. The zero-order valence-corrected chi connectivity index (χ0v) is 15.3. The molecule has 8 heteroatoms. The summed E-state index contributed by atoms with van der Waals surface area (Å²) in [5.74, 6) is 0.00726. The number of benzene rings is 1. The summed E-state index contributed by atoms with van der Waals surface area (Å²) in [4.78, 5) is 11.4. The molecule has 2 rings (SSSR count). The van der Waals surface area contributed by atoms with E-state index >= 15 is 0 Å². The van der Waals surface area contributed by atoms with Crippen LogP contribution in [0.2, 0.25) is 0 Å². The Labute approximate surface area is 145 Å². The third-order valence-corrected chi connectivity index (χ3v) is 6.19. The van der Waals surface area contributed by atoms with Crippen LogP contribution < -0.4 is 9.04 Å². The zero-order valence-electron chi connectivity index (χ0n) is 13.6. The molecule has 130 valence electrons. The molecule has 0 saturated heterocycles. The Balaban J connectivity index is 2.03. The summed E-state index contributed by atoms with van der Waals surface area (Å²) in [6, 6.07) is 9.71. The summed E-state index contributed by atoms with van der Waals surface area (Å²) < 4.78 is 36.7. The van der Waals surface area contributed by atoms with Crippen molar-refractivity contribution >= 4 is 33.0 Å². The quantitative estimate of drug-likeness (QED) is 0.702. The van der Waals surface area contributed by atoms with Crippen LogP contribution in [0.5, 0.6) is 5.75 Å². The van der Waals surface area contributed by atoms with E-state index in [1.807, 2.05) is 0 Å². The van der Waals surface area contributed by atoms with E-state index in [1.165, 1.54) is 22.7 Å². The first-order chi connectivity index (χ1) is 11.3. The number of hydrogen-bond acceptors (Lipinski definition) is 6. The Morgan fingerprint density at radius 2 is 1.88 bits per heavy atom. The van der Waals surface area contributed by atoms with Crippen LogP contribution in [0.1, 0.15) is 13.8 Å². The van der Waals surface area contributed by atoms with Crippen molar-refractivity contribution in [3.63, 3.8) is 0 Å². The van der Waals surface area contributed by atoms with Gasteiger partial charge in [-0.15, -0.1) is 11.3 Å². The monoisotopic (exact) mass is 369 g/mol. The average molecular weight is 369 g/mol. The molecule has 1 aromatic carbocycles. The molecule has 0 aliphatic carbocycles. The molecule has 1 heterocycles. The summed E-state index contributed by atoms with van der Waals surface area (Å²) in [7, 11) is -2.07. The van der Waals surface area contributed by atoms with Crippen molar-refractivity contribution < 1.29 is 22.7 Å². The molecule has 0 atom stereocenters. The SMILES string of the molecule is CC(C)OC(=O)COc1ccc(N(C)S(=O)(=O)c2cccs2)cc1. The maximum Gasteiger partial charge on any atom is 0.344 e. The van der Waals surface area contributed by atoms with Gasteiger partial charge in [-0.1, -0.05) is 6.07 Å². The van der Waals surface area contributed by atoms with Crippen LogP contribution in [-0.4, -0.2) is 34.1 Å². The summed E-state index contributed by atoms with van der Waals surface area (Å²) in [6.07, 6.45) is -0.195. The minimum absolute atomic E-state index is 0.194. The van der Waals surface area contributed by atoms with E-state index in [4.69, 9.17) is 9.47 Å². The summed E-state index contributed by atoms with van der Waals surface area (Å²) >= 11 is 1.17. The largest absolute Gasteiger partial charge is 0.482 e. The minimum atomic E-state index is -3.56. The highest BCUT2D eigenvalue weighted by Gasteiger charge is 2.22. The lowest BCUT2D eigenvalue weighted by atomic mass is 10.3. The lowest BCUT2D eigenvalue weighted by molar-refractivity contribution is -0.149. The van der Waals surface area contributed by atoms with Gasteiger partial charge >= 0.3 is 5.97 Å². The maximum atomic E-state index is 12.4. The number of nitrogens with zero attached hydrogens (tertiary/aromatic N) is 1. The van der Waals surface area contributed by atoms with Crippen LogP contribution >= 0.6 is 11.3 Å². The molecule has 24 heavy (non-hydrogen) atoms. The van der Waals surface area contributed by atoms with Gasteiger partial charge in [0.25, 0.3) is 10.0 Å². The molecule has 0 spiro atoms. The fourth-order valence-electron chi connectivity index (χ4n) is 1.88. The fraction of sp³-hybridized carbons (Fsp3) is 0.312. The molecule has 2 aromatic rings. The number of ether oxygens (including phenoxy) is 2. The lowest BCUT2D eigenvalue weighted by Gasteiger charge is -2.18. The second kappa shape index (κ2) is 7.67. The van der Waals surface area contributed by atoms with Crippen molar-refractivity contribution in [2.45, 2.75) is 24.2 Å². The van der Waals surface area contributed by atoms with Crippen LogP contribution in [0.4, 0.5) is 5.69 Å². The average Bonchev–Trinajstić information content (AvgIpc) is 3.07. The maximum absolute atomic E-state index is 12.4. The minimum Gasteiger partial charge on any atom is -0.482 e. The van der Waals surface area contributed by atoms with Gasteiger partial charge in [0.05, 0.1) is 11.8 Å². The number of sulfonamides is 1. The van der Waals surface area contributed by atoms with E-state index < -0.39 is 16.0 Å². The van der Waals surface area contributed by atoms with E-state index in [9.17, 15) is 13.2 Å². The molecule has 0 radical (unpaired) electrons. The molecule has 0 unspecified atom stereocenters. The number of rotatable bonds is 7. The van der Waals surface area contributed by atoms with Crippen molar-refractivity contribution in [1.29, 1.82) is 0 Å². The van der Waals surface area contributed by atoms with Crippen molar-refractivity contribution in [2.24, 2.45) is 0 Å². The summed E-state index contributed by atoms with van der Waals surface area (Å²) in [5.41, 5.74) is 0.500. The van der Waals surface area contributed by atoms with Gasteiger partial charge in [0.2, 0.25) is 0 Å². The van der Waals surface area contributed by atoms with E-state index in [0.29, 0.717) is 11.4 Å². The molecule has 0 aliphatic heterocycles. The van der Waals surface area contributed by atoms with Gasteiger partial charge in [-0.25, -0.2) is 13.2 Å². The highest BCUT2D eigenvalue weighted by Crippen LogP contribution is 2.26. The van der Waals surface area contributed by atoms with E-state index in [2.05, 4.69) is 0 Å². The third-order valence-electron chi connectivity index (χ3n) is 3.03. The Morgan fingerprint density at radius 1 is 1.21 bits per heavy atom. The zero-order chi connectivity index (χ0) is 17.7. The second-order valence-electron chi connectivity index (χ2n) is 5.23. The third kappa shape index (κ3) is 4.48. The van der Waals surface area contributed by atoms with Crippen molar-refractivity contribution in [2.75, 3.05) is 18.0 Å². The van der Waals surface area contributed by atoms with Crippen LogP contribution in [0.15, 0.2) is 46.0 Å². The Kier molecular flexibility index (Phi) is 5.84. The molecule has 1 aromatic heterocycles. The highest BCUT2D eigenvalue weighted by molar-refractivity contribution is 7.94. The standard InChI is InChI=1S/C16H19NO5S2/c1-12(2)22-15(18)11-21-14-8-6-13(7-9-14)17(3)24(19,20)16-5-4-10-23-16/h4-10,12H,11H2,1-3H3. The van der Waals surface area contributed by atoms with E-state index in [1.54, 1.807) is 55.6 Å². The highest BCUT2D eigenvalue weighted by atomic mass is 32.2. The lowest BCUT2D eigenvalue weighted by Crippen LogP contribution is -2.25. The molecular weight excluding hydrogens is 350 g/mol. The molecule has 0 fully saturated rings. The first kappa shape index (κ1) is 18.3. The number of carbonyl (C=O) groups excluding carboxylic acids is 1. The Hall–Kier alpha value is -2.06. The van der Waals surface area contributed by atoms with Crippen LogP contribution in [0.3, 0.4) is 0 Å². The number of thiophene rings is 1. The van der Waals surface area contributed by atoms with Gasteiger partial charge in [0, 0.05) is 7.05 Å². The van der Waals surface area contributed by atoms with Crippen LogP contribution in [0, 0.1) is 0 Å². The topological polar surface area (TPSA) is 72.9 Å². The Morgan fingerprint density at radius 3 is 2.42 bits per heavy atom. The summed E-state index contributed by atoms with van der Waals surface area (Å²) in [5, 5.41) is 1.72. The van der Waals surface area contributed by atoms with Crippen LogP contribution in [0.25, 0.3) is 0 Å². The molecule has 6 nitrogen and oxygen atoms in total. The fourth-order valence-corrected chi connectivity index (χ4v) is 4.23. The number of anilines is 1. The first-order valence-electron chi connectivity index (χ1n) is 7.25. The first-order valence-corrected chi connectivity index (χ1v) is 9.57. The van der Waals surface area contributed by atoms with E-state index in [0.717, 1.165) is 0 Å². The van der Waals surface area contributed by atoms with Gasteiger partial charge < -0.3 is 9.47 Å². The molecular formula is C16H19NO5S2. The smallest absolute Gasteiger partial charge is 0.344 e. The molecule has 0 N–H and O–H groups in total. The molecule has 0 saturated carbocycles. The molecule has 0 amide bonds. The predicted octanol–water partition coefficient (Wildman–Crippen LogP) is 2.90. The van der Waals surface area contributed by atoms with Crippen molar-refractivity contribution in [3.8, 4) is 5.75 Å². The van der Waals surface area contributed by atoms with Crippen molar-refractivity contribution in [3.05, 3.63) is 41.8 Å². The van der Waals surface area contributed by atoms with Gasteiger partial charge in [0.15, 0.2) is 6.61 Å². The number of esters is 1. The number of hydrogen-bond donors (Lipinski definition) is 0. The van der Waals surface area contributed by atoms with Gasteiger partial charge in [0.1, 0.15) is 9.96 Å². The predicted molar refractivity (Wildman–Crippen MR) is 93.1 cm³/mol. The van der Waals surface area contributed by atoms with Gasteiger partial charge in [-0.05, 0) is 49.6 Å². The van der Waals surface area contributed by atoms with Crippen LogP contribution in [-0.2, 0) is 19.6 Å². The summed E-state index contributed by atoms with van der Waals surface area (Å²) in [6.45, 7) is 3.33. The normalized spacial score (nSPS) is 11.3. The van der Waals surface area contributed by atoms with Gasteiger partial charge in [-0.3, -0.25) is 4.31 Å². The van der Waals surface area contributed by atoms with E-state index in [-0.39, 0.29) is 16.9 Å².